The molecule has 9 aromatic carbocycles. The van der Waals surface area contributed by atoms with Gasteiger partial charge in [-0.2, -0.15) is 0 Å². The normalized spacial score (nSPS) is 13.6. The third-order valence-electron chi connectivity index (χ3n) is 12.0. The van der Waals surface area contributed by atoms with Gasteiger partial charge in [-0.1, -0.05) is 147 Å². The molecule has 0 atom stereocenters. The van der Waals surface area contributed by atoms with E-state index in [-0.39, 0.29) is 5.41 Å². The zero-order chi connectivity index (χ0) is 35.0. The van der Waals surface area contributed by atoms with Gasteiger partial charge in [0.05, 0.1) is 0 Å². The summed E-state index contributed by atoms with van der Waals surface area (Å²) in [5.41, 5.74) is 10.7. The van der Waals surface area contributed by atoms with Crippen LogP contribution in [0.1, 0.15) is 25.0 Å². The first kappa shape index (κ1) is 29.7. The van der Waals surface area contributed by atoms with Crippen LogP contribution >= 0.6 is 22.7 Å². The van der Waals surface area contributed by atoms with Crippen LogP contribution in [0.15, 0.2) is 158 Å². The molecule has 1 aliphatic rings. The van der Waals surface area contributed by atoms with Gasteiger partial charge in [-0.15, -0.1) is 22.7 Å². The van der Waals surface area contributed by atoms with E-state index in [0.29, 0.717) is 0 Å². The second-order valence-corrected chi connectivity index (χ2v) is 17.3. The molecule has 2 heterocycles. The van der Waals surface area contributed by atoms with E-state index in [9.17, 15) is 0 Å². The molecule has 0 spiro atoms. The molecule has 0 unspecified atom stereocenters. The molecular formula is C51H32S2. The molecule has 11 aromatic rings. The first-order chi connectivity index (χ1) is 26.1. The minimum atomic E-state index is -0.133. The van der Waals surface area contributed by atoms with Gasteiger partial charge < -0.3 is 0 Å². The van der Waals surface area contributed by atoms with Crippen molar-refractivity contribution < 1.29 is 0 Å². The van der Waals surface area contributed by atoms with Crippen molar-refractivity contribution in [3.05, 3.63) is 169 Å². The van der Waals surface area contributed by atoms with E-state index in [1.807, 2.05) is 22.7 Å². The van der Waals surface area contributed by atoms with Crippen LogP contribution in [-0.2, 0) is 5.41 Å². The number of hydrogen-bond acceptors (Lipinski definition) is 2. The van der Waals surface area contributed by atoms with Crippen molar-refractivity contribution in [2.24, 2.45) is 0 Å². The number of fused-ring (bicyclic) bond motifs is 15. The quantitative estimate of drug-likeness (QED) is 0.157. The Balaban J connectivity index is 1.15. The Labute approximate surface area is 315 Å². The van der Waals surface area contributed by atoms with E-state index in [4.69, 9.17) is 0 Å². The van der Waals surface area contributed by atoms with Gasteiger partial charge in [-0.25, -0.2) is 0 Å². The molecule has 0 bridgehead atoms. The third-order valence-corrected chi connectivity index (χ3v) is 14.3. The van der Waals surface area contributed by atoms with Crippen LogP contribution in [0, 0.1) is 0 Å². The summed E-state index contributed by atoms with van der Waals surface area (Å²) >= 11 is 3.85. The first-order valence-corrected chi connectivity index (χ1v) is 20.1. The molecule has 0 radical (unpaired) electrons. The van der Waals surface area contributed by atoms with Gasteiger partial charge in [0.25, 0.3) is 0 Å². The average Bonchev–Trinajstić information content (AvgIpc) is 3.84. The predicted octanol–water partition coefficient (Wildman–Crippen LogP) is 15.5. The summed E-state index contributed by atoms with van der Waals surface area (Å²) in [4.78, 5) is 0. The van der Waals surface area contributed by atoms with Gasteiger partial charge in [0.1, 0.15) is 0 Å². The summed E-state index contributed by atoms with van der Waals surface area (Å²) in [7, 11) is 0. The molecule has 1 aliphatic carbocycles. The van der Waals surface area contributed by atoms with E-state index in [1.54, 1.807) is 0 Å². The Kier molecular flexibility index (Phi) is 5.97. The van der Waals surface area contributed by atoms with Crippen LogP contribution in [0.4, 0.5) is 0 Å². The molecule has 12 rings (SSSR count). The van der Waals surface area contributed by atoms with Crippen molar-refractivity contribution >= 4 is 95.3 Å². The largest absolute Gasteiger partial charge is 0.135 e. The Bertz CT molecular complexity index is 3310. The maximum Gasteiger partial charge on any atom is 0.0408 e. The number of benzene rings is 9. The molecule has 248 valence electrons. The molecule has 0 N–H and O–H groups in total. The first-order valence-electron chi connectivity index (χ1n) is 18.4. The van der Waals surface area contributed by atoms with Crippen molar-refractivity contribution in [1.29, 1.82) is 0 Å². The lowest BCUT2D eigenvalue weighted by Gasteiger charge is -2.23. The van der Waals surface area contributed by atoms with E-state index in [1.165, 1.54) is 117 Å². The van der Waals surface area contributed by atoms with Crippen LogP contribution in [0.2, 0.25) is 0 Å². The summed E-state index contributed by atoms with van der Waals surface area (Å²) in [5.74, 6) is 0. The Morgan fingerprint density at radius 1 is 0.377 bits per heavy atom. The molecule has 53 heavy (non-hydrogen) atoms. The highest BCUT2D eigenvalue weighted by Gasteiger charge is 2.39. The maximum atomic E-state index is 2.52. The van der Waals surface area contributed by atoms with E-state index >= 15 is 0 Å². The lowest BCUT2D eigenvalue weighted by atomic mass is 9.80. The highest BCUT2D eigenvalue weighted by atomic mass is 32.1. The number of rotatable bonds is 2. The van der Waals surface area contributed by atoms with Crippen LogP contribution < -0.4 is 0 Å². The second-order valence-electron chi connectivity index (χ2n) is 15.1. The fraction of sp³-hybridized carbons (Fsp3) is 0.0588. The van der Waals surface area contributed by atoms with E-state index < -0.39 is 0 Å². The monoisotopic (exact) mass is 708 g/mol. The molecule has 0 amide bonds. The predicted molar refractivity (Wildman–Crippen MR) is 233 cm³/mol. The van der Waals surface area contributed by atoms with Crippen molar-refractivity contribution in [3.8, 4) is 33.4 Å². The van der Waals surface area contributed by atoms with Crippen LogP contribution in [0.25, 0.3) is 106 Å². The summed E-state index contributed by atoms with van der Waals surface area (Å²) in [6.45, 7) is 4.87. The highest BCUT2D eigenvalue weighted by Crippen LogP contribution is 2.58. The fourth-order valence-electron chi connectivity index (χ4n) is 9.75. The van der Waals surface area contributed by atoms with Gasteiger partial charge in [-0.3, -0.25) is 0 Å². The van der Waals surface area contributed by atoms with Gasteiger partial charge in [0.15, 0.2) is 0 Å². The molecule has 0 saturated heterocycles. The van der Waals surface area contributed by atoms with Crippen molar-refractivity contribution in [1.82, 2.24) is 0 Å². The Morgan fingerprint density at radius 3 is 1.49 bits per heavy atom. The maximum absolute atomic E-state index is 2.52. The van der Waals surface area contributed by atoms with Crippen molar-refractivity contribution in [2.45, 2.75) is 19.3 Å². The van der Waals surface area contributed by atoms with Crippen LogP contribution in [0.5, 0.6) is 0 Å². The van der Waals surface area contributed by atoms with Crippen molar-refractivity contribution in [3.63, 3.8) is 0 Å². The standard InChI is InChI=1S/C51H32S2/c1-51(2)41-26-24-29(27-40(41)47-37-18-7-8-19-38(37)48-39-20-10-12-22-43(39)53-50(48)49(47)51)45-33-14-3-5-16-35(33)46(36-17-6-4-15-34(36)45)30-23-25-32-31-13-9-11-21-42(31)52-44(32)28-30/h3-28H,1-2H3. The van der Waals surface area contributed by atoms with Crippen LogP contribution in [-0.4, -0.2) is 0 Å². The van der Waals surface area contributed by atoms with Gasteiger partial charge >= 0.3 is 0 Å². The summed E-state index contributed by atoms with van der Waals surface area (Å²) in [6, 6.07) is 59.4. The van der Waals surface area contributed by atoms with Gasteiger partial charge in [0, 0.05) is 45.8 Å². The van der Waals surface area contributed by atoms with E-state index in [2.05, 4.69) is 172 Å². The van der Waals surface area contributed by atoms with Crippen LogP contribution in [0.3, 0.4) is 0 Å². The molecule has 0 aliphatic heterocycles. The summed E-state index contributed by atoms with van der Waals surface area (Å²) in [5, 5.41) is 13.3. The molecule has 2 aromatic heterocycles. The molecular weight excluding hydrogens is 677 g/mol. The topological polar surface area (TPSA) is 0 Å². The minimum Gasteiger partial charge on any atom is -0.135 e. The molecule has 0 nitrogen and oxygen atoms in total. The highest BCUT2D eigenvalue weighted by molar-refractivity contribution is 7.26. The third kappa shape index (κ3) is 3.95. The lowest BCUT2D eigenvalue weighted by molar-refractivity contribution is 0.667. The van der Waals surface area contributed by atoms with Gasteiger partial charge in [0.2, 0.25) is 0 Å². The Morgan fingerprint density at radius 2 is 0.849 bits per heavy atom. The van der Waals surface area contributed by atoms with E-state index in [0.717, 1.165) is 0 Å². The number of hydrogen-bond donors (Lipinski definition) is 0. The van der Waals surface area contributed by atoms with Crippen molar-refractivity contribution in [2.75, 3.05) is 0 Å². The Hall–Kier alpha value is -5.80. The minimum absolute atomic E-state index is 0.133. The molecule has 2 heteroatoms. The zero-order valence-electron chi connectivity index (χ0n) is 29.3. The summed E-state index contributed by atoms with van der Waals surface area (Å²) < 4.78 is 5.46. The molecule has 0 saturated carbocycles. The van der Waals surface area contributed by atoms with Gasteiger partial charge in [-0.05, 0) is 101 Å². The molecule has 0 fully saturated rings. The number of thiophene rings is 2. The average molecular weight is 709 g/mol. The SMILES string of the molecule is CC1(C)c2ccc(-c3c4ccccc4c(-c4ccc5c(c4)sc4ccccc45)c4ccccc34)cc2-c2c1c1sc3ccccc3c1c1ccccc21. The second kappa shape index (κ2) is 10.6. The lowest BCUT2D eigenvalue weighted by Crippen LogP contribution is -2.15. The fourth-order valence-corrected chi connectivity index (χ4v) is 12.3. The summed E-state index contributed by atoms with van der Waals surface area (Å²) in [6.07, 6.45) is 0. The smallest absolute Gasteiger partial charge is 0.0408 e. The zero-order valence-corrected chi connectivity index (χ0v) is 31.0.